The van der Waals surface area contributed by atoms with Crippen LogP contribution in [0.25, 0.3) is 0 Å². The maximum Gasteiger partial charge on any atom is 0.328 e. The molecule has 0 unspecified atom stereocenters. The molecule has 1 aliphatic rings. The first-order chi connectivity index (χ1) is 9.36. The second-order valence-electron chi connectivity index (χ2n) is 5.19. The Balaban J connectivity index is 2.94. The minimum Gasteiger partial charge on any atom is -0.467 e. The van der Waals surface area contributed by atoms with Gasteiger partial charge in [0, 0.05) is 13.5 Å². The van der Waals surface area contributed by atoms with Gasteiger partial charge in [0.2, 0.25) is 5.91 Å². The number of hydrogen-bond donors (Lipinski definition) is 1. The van der Waals surface area contributed by atoms with Gasteiger partial charge in [-0.15, -0.1) is 0 Å². The van der Waals surface area contributed by atoms with Gasteiger partial charge in [0.25, 0.3) is 5.91 Å². The van der Waals surface area contributed by atoms with E-state index in [2.05, 4.69) is 5.32 Å². The summed E-state index contributed by atoms with van der Waals surface area (Å²) in [6.07, 6.45) is 3.03. The van der Waals surface area contributed by atoms with Gasteiger partial charge >= 0.3 is 5.97 Å². The van der Waals surface area contributed by atoms with Crippen LogP contribution in [0.4, 0.5) is 0 Å². The molecule has 0 aliphatic carbocycles. The molecule has 6 nitrogen and oxygen atoms in total. The molecule has 1 fully saturated rings. The molecular weight excluding hydrogens is 260 g/mol. The number of amides is 2. The van der Waals surface area contributed by atoms with Gasteiger partial charge in [-0.3, -0.25) is 9.59 Å². The first-order valence-corrected chi connectivity index (χ1v) is 6.75. The smallest absolute Gasteiger partial charge is 0.328 e. The SMILES string of the molecule is COC(=O)[C@H]1CCCN1C(=O)/C(=C\C(C)C)NC(C)=O. The van der Waals surface area contributed by atoms with Crippen LogP contribution in [-0.2, 0) is 19.1 Å². The van der Waals surface area contributed by atoms with Crippen LogP contribution in [0.5, 0.6) is 0 Å². The van der Waals surface area contributed by atoms with Gasteiger partial charge in [-0.1, -0.05) is 19.9 Å². The predicted octanol–water partition coefficient (Wildman–Crippen LogP) is 0.826. The van der Waals surface area contributed by atoms with Crippen LogP contribution < -0.4 is 5.32 Å². The fraction of sp³-hybridized carbons (Fsp3) is 0.643. The zero-order valence-corrected chi connectivity index (χ0v) is 12.4. The highest BCUT2D eigenvalue weighted by Gasteiger charge is 2.36. The third-order valence-electron chi connectivity index (χ3n) is 3.03. The summed E-state index contributed by atoms with van der Waals surface area (Å²) >= 11 is 0. The highest BCUT2D eigenvalue weighted by atomic mass is 16.5. The van der Waals surface area contributed by atoms with E-state index in [-0.39, 0.29) is 23.4 Å². The van der Waals surface area contributed by atoms with E-state index in [4.69, 9.17) is 4.74 Å². The molecule has 0 aromatic heterocycles. The van der Waals surface area contributed by atoms with E-state index in [1.165, 1.54) is 18.9 Å². The van der Waals surface area contributed by atoms with E-state index in [0.29, 0.717) is 13.0 Å². The van der Waals surface area contributed by atoms with Crippen molar-refractivity contribution in [2.75, 3.05) is 13.7 Å². The van der Waals surface area contributed by atoms with Crippen molar-refractivity contribution in [1.82, 2.24) is 10.2 Å². The quantitative estimate of drug-likeness (QED) is 0.612. The molecule has 112 valence electrons. The molecule has 1 N–H and O–H groups in total. The number of esters is 1. The van der Waals surface area contributed by atoms with Crippen LogP contribution in [0.2, 0.25) is 0 Å². The zero-order valence-electron chi connectivity index (χ0n) is 12.4. The first kappa shape index (κ1) is 16.2. The number of allylic oxidation sites excluding steroid dienone is 1. The van der Waals surface area contributed by atoms with Crippen LogP contribution in [0.15, 0.2) is 11.8 Å². The summed E-state index contributed by atoms with van der Waals surface area (Å²) in [5.41, 5.74) is 0.225. The number of methoxy groups -OCH3 is 1. The van der Waals surface area contributed by atoms with Crippen molar-refractivity contribution in [3.05, 3.63) is 11.8 Å². The molecule has 1 aliphatic heterocycles. The van der Waals surface area contributed by atoms with Crippen molar-refractivity contribution in [2.45, 2.75) is 39.7 Å². The average Bonchev–Trinajstić information content (AvgIpc) is 2.84. The van der Waals surface area contributed by atoms with Crippen molar-refractivity contribution < 1.29 is 19.1 Å². The molecule has 0 saturated carbocycles. The fourth-order valence-electron chi connectivity index (χ4n) is 2.23. The average molecular weight is 282 g/mol. The molecule has 6 heteroatoms. The summed E-state index contributed by atoms with van der Waals surface area (Å²) in [4.78, 5) is 36.8. The van der Waals surface area contributed by atoms with E-state index < -0.39 is 12.0 Å². The van der Waals surface area contributed by atoms with Crippen molar-refractivity contribution in [1.29, 1.82) is 0 Å². The predicted molar refractivity (Wildman–Crippen MR) is 73.5 cm³/mol. The van der Waals surface area contributed by atoms with Gasteiger partial charge in [-0.25, -0.2) is 4.79 Å². The molecule has 0 radical (unpaired) electrons. The summed E-state index contributed by atoms with van der Waals surface area (Å²) in [6.45, 7) is 5.67. The number of rotatable bonds is 4. The third kappa shape index (κ3) is 4.08. The number of nitrogens with one attached hydrogen (secondary N) is 1. The standard InChI is InChI=1S/C14H22N2O4/c1-9(2)8-11(15-10(3)17)13(18)16-7-5-6-12(16)14(19)20-4/h8-9,12H,5-7H2,1-4H3,(H,15,17)/b11-8+/t12-/m1/s1. The topological polar surface area (TPSA) is 75.7 Å². The molecule has 1 heterocycles. The van der Waals surface area contributed by atoms with E-state index in [1.54, 1.807) is 6.08 Å². The van der Waals surface area contributed by atoms with Crippen molar-refractivity contribution in [3.63, 3.8) is 0 Å². The molecule has 20 heavy (non-hydrogen) atoms. The third-order valence-corrected chi connectivity index (χ3v) is 3.03. The summed E-state index contributed by atoms with van der Waals surface area (Å²) in [5, 5.41) is 2.54. The largest absolute Gasteiger partial charge is 0.467 e. The lowest BCUT2D eigenvalue weighted by molar-refractivity contribution is -0.150. The Hall–Kier alpha value is -1.85. The highest BCUT2D eigenvalue weighted by Crippen LogP contribution is 2.20. The zero-order chi connectivity index (χ0) is 15.3. The van der Waals surface area contributed by atoms with E-state index in [1.807, 2.05) is 13.8 Å². The summed E-state index contributed by atoms with van der Waals surface area (Å²) in [5.74, 6) is -0.941. The summed E-state index contributed by atoms with van der Waals surface area (Å²) in [7, 11) is 1.31. The number of hydrogen-bond acceptors (Lipinski definition) is 4. The number of likely N-dealkylation sites (tertiary alicyclic amines) is 1. The Morgan fingerprint density at radius 1 is 1.35 bits per heavy atom. The second kappa shape index (κ2) is 7.07. The van der Waals surface area contributed by atoms with Crippen molar-refractivity contribution in [2.24, 2.45) is 5.92 Å². The molecular formula is C14H22N2O4. The van der Waals surface area contributed by atoms with Crippen molar-refractivity contribution >= 4 is 17.8 Å². The van der Waals surface area contributed by atoms with E-state index in [9.17, 15) is 14.4 Å². The number of carbonyl (C=O) groups excluding carboxylic acids is 3. The molecule has 1 rings (SSSR count). The molecule has 0 bridgehead atoms. The molecule has 0 aromatic rings. The van der Waals surface area contributed by atoms with Crippen LogP contribution in [0, 0.1) is 5.92 Å². The molecule has 0 spiro atoms. The number of nitrogens with zero attached hydrogens (tertiary/aromatic N) is 1. The van der Waals surface area contributed by atoms with Crippen LogP contribution in [-0.4, -0.2) is 42.4 Å². The Morgan fingerprint density at radius 2 is 2.00 bits per heavy atom. The fourth-order valence-corrected chi connectivity index (χ4v) is 2.23. The van der Waals surface area contributed by atoms with Gasteiger partial charge in [-0.05, 0) is 18.8 Å². The maximum absolute atomic E-state index is 12.5. The molecule has 0 aromatic carbocycles. The van der Waals surface area contributed by atoms with Crippen LogP contribution in [0.1, 0.15) is 33.6 Å². The monoisotopic (exact) mass is 282 g/mol. The lowest BCUT2D eigenvalue weighted by Crippen LogP contribution is -2.44. The Kier molecular flexibility index (Phi) is 5.73. The lowest BCUT2D eigenvalue weighted by atomic mass is 10.1. The van der Waals surface area contributed by atoms with Gasteiger partial charge in [0.1, 0.15) is 11.7 Å². The summed E-state index contributed by atoms with van der Waals surface area (Å²) in [6, 6.07) is -0.558. The molecule has 2 amide bonds. The lowest BCUT2D eigenvalue weighted by Gasteiger charge is -2.24. The minimum atomic E-state index is -0.558. The Morgan fingerprint density at radius 3 is 2.50 bits per heavy atom. The summed E-state index contributed by atoms with van der Waals surface area (Å²) < 4.78 is 4.72. The van der Waals surface area contributed by atoms with Crippen LogP contribution >= 0.6 is 0 Å². The second-order valence-corrected chi connectivity index (χ2v) is 5.19. The minimum absolute atomic E-state index is 0.111. The number of carbonyl (C=O) groups is 3. The molecule has 1 atom stereocenters. The highest BCUT2D eigenvalue weighted by molar-refractivity contribution is 5.99. The van der Waals surface area contributed by atoms with E-state index in [0.717, 1.165) is 6.42 Å². The first-order valence-electron chi connectivity index (χ1n) is 6.75. The number of ether oxygens (including phenoxy) is 1. The molecule has 1 saturated heterocycles. The van der Waals surface area contributed by atoms with Crippen LogP contribution in [0.3, 0.4) is 0 Å². The maximum atomic E-state index is 12.5. The van der Waals surface area contributed by atoms with Crippen molar-refractivity contribution in [3.8, 4) is 0 Å². The Labute approximate surface area is 119 Å². The van der Waals surface area contributed by atoms with Gasteiger partial charge < -0.3 is 15.0 Å². The van der Waals surface area contributed by atoms with E-state index >= 15 is 0 Å². The van der Waals surface area contributed by atoms with Gasteiger partial charge in [0.15, 0.2) is 0 Å². The van der Waals surface area contributed by atoms with Gasteiger partial charge in [-0.2, -0.15) is 0 Å². The van der Waals surface area contributed by atoms with Gasteiger partial charge in [0.05, 0.1) is 7.11 Å². The normalized spacial score (nSPS) is 19.1. The Bertz CT molecular complexity index is 429.